The number of halogens is 1. The maximum Gasteiger partial charge on any atom is 0.191 e. The molecule has 6 heteroatoms. The Kier molecular flexibility index (Phi) is 11.4. The fraction of sp³-hybridized carbons (Fsp3) is 0.682. The molecule has 1 aromatic carbocycles. The molecule has 0 radical (unpaired) electrons. The smallest absolute Gasteiger partial charge is 0.191 e. The third kappa shape index (κ3) is 9.09. The molecular formula is C22H40IN5. The average Bonchev–Trinajstić information content (AvgIpc) is 2.65. The van der Waals surface area contributed by atoms with Crippen LogP contribution in [0.3, 0.4) is 0 Å². The molecule has 5 nitrogen and oxygen atoms in total. The number of likely N-dealkylation sites (tertiary alicyclic amines) is 1. The summed E-state index contributed by atoms with van der Waals surface area (Å²) in [6.07, 6.45) is 2.31. The summed E-state index contributed by atoms with van der Waals surface area (Å²) >= 11 is 0. The number of nitrogens with zero attached hydrogens (tertiary/aromatic N) is 2. The van der Waals surface area contributed by atoms with Gasteiger partial charge in [0.25, 0.3) is 0 Å². The van der Waals surface area contributed by atoms with Crippen LogP contribution in [0.5, 0.6) is 0 Å². The van der Waals surface area contributed by atoms with E-state index in [0.29, 0.717) is 12.1 Å². The lowest BCUT2D eigenvalue weighted by Crippen LogP contribution is -2.49. The highest BCUT2D eigenvalue weighted by Gasteiger charge is 2.24. The molecule has 1 aromatic rings. The van der Waals surface area contributed by atoms with Crippen molar-refractivity contribution in [3.05, 3.63) is 35.9 Å². The molecule has 3 N–H and O–H groups in total. The second kappa shape index (κ2) is 12.6. The number of piperidine rings is 1. The van der Waals surface area contributed by atoms with Crippen LogP contribution in [0.2, 0.25) is 0 Å². The summed E-state index contributed by atoms with van der Waals surface area (Å²) in [5.74, 6) is 0.947. The van der Waals surface area contributed by atoms with E-state index >= 15 is 0 Å². The summed E-state index contributed by atoms with van der Waals surface area (Å²) in [4.78, 5) is 7.32. The van der Waals surface area contributed by atoms with Gasteiger partial charge < -0.3 is 16.0 Å². The topological polar surface area (TPSA) is 51.7 Å². The van der Waals surface area contributed by atoms with Crippen LogP contribution < -0.4 is 16.0 Å². The van der Waals surface area contributed by atoms with Crippen molar-refractivity contribution in [2.24, 2.45) is 4.99 Å². The standard InChI is InChI=1S/C22H39N5.HI/c1-6-23-21(24-14-15-25-22(3,4)5)26-20-12-16-27(17-13-20)18(2)19-10-8-7-9-11-19;/h7-11,18,20,25H,6,12-17H2,1-5H3,(H2,23,24,26);1H. The Morgan fingerprint density at radius 3 is 2.39 bits per heavy atom. The van der Waals surface area contributed by atoms with Crippen LogP contribution in [-0.2, 0) is 0 Å². The predicted octanol–water partition coefficient (Wildman–Crippen LogP) is 3.77. The summed E-state index contributed by atoms with van der Waals surface area (Å²) in [6, 6.07) is 11.8. The Hall–Kier alpha value is -0.860. The van der Waals surface area contributed by atoms with Crippen molar-refractivity contribution < 1.29 is 0 Å². The second-order valence-corrected chi connectivity index (χ2v) is 8.48. The van der Waals surface area contributed by atoms with Gasteiger partial charge in [0.15, 0.2) is 5.96 Å². The van der Waals surface area contributed by atoms with E-state index in [4.69, 9.17) is 4.99 Å². The lowest BCUT2D eigenvalue weighted by atomic mass is 10.0. The maximum absolute atomic E-state index is 4.73. The first-order valence-corrected chi connectivity index (χ1v) is 10.5. The third-order valence-electron chi connectivity index (χ3n) is 5.08. The molecule has 1 aliphatic heterocycles. The number of hydrogen-bond donors (Lipinski definition) is 3. The summed E-state index contributed by atoms with van der Waals surface area (Å²) in [5.41, 5.74) is 1.55. The highest BCUT2D eigenvalue weighted by Crippen LogP contribution is 2.23. The molecular weight excluding hydrogens is 461 g/mol. The van der Waals surface area contributed by atoms with E-state index in [1.165, 1.54) is 5.56 Å². The van der Waals surface area contributed by atoms with Crippen molar-refractivity contribution >= 4 is 29.9 Å². The van der Waals surface area contributed by atoms with Crippen molar-refractivity contribution in [2.45, 2.75) is 65.1 Å². The van der Waals surface area contributed by atoms with Crippen LogP contribution in [0.15, 0.2) is 35.3 Å². The first-order valence-electron chi connectivity index (χ1n) is 10.5. The SMILES string of the molecule is CCNC(=NCCNC(C)(C)C)NC1CCN(C(C)c2ccccc2)CC1.I. The fourth-order valence-corrected chi connectivity index (χ4v) is 3.49. The number of hydrogen-bond acceptors (Lipinski definition) is 3. The molecule has 1 fully saturated rings. The number of guanidine groups is 1. The minimum atomic E-state index is 0. The van der Waals surface area contributed by atoms with Gasteiger partial charge in [-0.15, -0.1) is 24.0 Å². The molecule has 1 atom stereocenters. The molecule has 160 valence electrons. The van der Waals surface area contributed by atoms with Gasteiger partial charge in [-0.05, 0) is 53.0 Å². The largest absolute Gasteiger partial charge is 0.357 e. The molecule has 1 saturated heterocycles. The first kappa shape index (κ1) is 25.2. The monoisotopic (exact) mass is 501 g/mol. The van der Waals surface area contributed by atoms with Crippen LogP contribution in [0.4, 0.5) is 0 Å². The van der Waals surface area contributed by atoms with E-state index in [0.717, 1.165) is 51.5 Å². The van der Waals surface area contributed by atoms with E-state index in [1.807, 2.05) is 0 Å². The summed E-state index contributed by atoms with van der Waals surface area (Å²) in [6.45, 7) is 15.8. The number of benzene rings is 1. The minimum Gasteiger partial charge on any atom is -0.357 e. The van der Waals surface area contributed by atoms with Crippen LogP contribution in [0.25, 0.3) is 0 Å². The van der Waals surface area contributed by atoms with Gasteiger partial charge in [-0.25, -0.2) is 0 Å². The number of aliphatic imine (C=N–C) groups is 1. The average molecular weight is 502 g/mol. The van der Waals surface area contributed by atoms with Crippen LogP contribution in [0, 0.1) is 0 Å². The zero-order valence-electron chi connectivity index (χ0n) is 18.3. The summed E-state index contributed by atoms with van der Waals surface area (Å²) in [5, 5.41) is 10.5. The normalized spacial score (nSPS) is 17.7. The van der Waals surface area contributed by atoms with Crippen molar-refractivity contribution in [3.63, 3.8) is 0 Å². The van der Waals surface area contributed by atoms with Gasteiger partial charge in [0.2, 0.25) is 0 Å². The lowest BCUT2D eigenvalue weighted by molar-refractivity contribution is 0.158. The van der Waals surface area contributed by atoms with Crippen LogP contribution >= 0.6 is 24.0 Å². The van der Waals surface area contributed by atoms with Crippen molar-refractivity contribution in [1.29, 1.82) is 0 Å². The molecule has 0 bridgehead atoms. The summed E-state index contributed by atoms with van der Waals surface area (Å²) in [7, 11) is 0. The van der Waals surface area contributed by atoms with Gasteiger partial charge >= 0.3 is 0 Å². The molecule has 2 rings (SSSR count). The Bertz CT molecular complexity index is 562. The number of nitrogens with one attached hydrogen (secondary N) is 3. The molecule has 0 amide bonds. The zero-order chi connectivity index (χ0) is 19.7. The quantitative estimate of drug-likeness (QED) is 0.231. The molecule has 0 aromatic heterocycles. The Morgan fingerprint density at radius 1 is 1.18 bits per heavy atom. The second-order valence-electron chi connectivity index (χ2n) is 8.48. The molecule has 0 aliphatic carbocycles. The Labute approximate surface area is 189 Å². The van der Waals surface area contributed by atoms with Gasteiger partial charge in [0, 0.05) is 43.8 Å². The molecule has 0 saturated carbocycles. The van der Waals surface area contributed by atoms with E-state index in [-0.39, 0.29) is 29.5 Å². The lowest BCUT2D eigenvalue weighted by Gasteiger charge is -2.37. The highest BCUT2D eigenvalue weighted by atomic mass is 127. The van der Waals surface area contributed by atoms with Gasteiger partial charge in [-0.2, -0.15) is 0 Å². The van der Waals surface area contributed by atoms with Gasteiger partial charge in [0.1, 0.15) is 0 Å². The van der Waals surface area contributed by atoms with Crippen LogP contribution in [-0.4, -0.2) is 55.2 Å². The third-order valence-corrected chi connectivity index (χ3v) is 5.08. The Balaban J connectivity index is 0.00000392. The number of rotatable bonds is 7. The molecule has 1 heterocycles. The van der Waals surface area contributed by atoms with E-state index in [1.54, 1.807) is 0 Å². The first-order chi connectivity index (χ1) is 12.9. The zero-order valence-corrected chi connectivity index (χ0v) is 20.6. The summed E-state index contributed by atoms with van der Waals surface area (Å²) < 4.78 is 0. The minimum absolute atomic E-state index is 0. The predicted molar refractivity (Wildman–Crippen MR) is 132 cm³/mol. The van der Waals surface area contributed by atoms with E-state index in [2.05, 4.69) is 85.8 Å². The highest BCUT2D eigenvalue weighted by molar-refractivity contribution is 14.0. The van der Waals surface area contributed by atoms with E-state index in [9.17, 15) is 0 Å². The van der Waals surface area contributed by atoms with Gasteiger partial charge in [-0.3, -0.25) is 9.89 Å². The maximum atomic E-state index is 4.73. The van der Waals surface area contributed by atoms with Gasteiger partial charge in [0.05, 0.1) is 6.54 Å². The Morgan fingerprint density at radius 2 is 1.82 bits per heavy atom. The van der Waals surface area contributed by atoms with Crippen molar-refractivity contribution in [2.75, 3.05) is 32.7 Å². The fourth-order valence-electron chi connectivity index (χ4n) is 3.49. The molecule has 28 heavy (non-hydrogen) atoms. The molecule has 1 aliphatic rings. The van der Waals surface area contributed by atoms with Gasteiger partial charge in [-0.1, -0.05) is 30.3 Å². The van der Waals surface area contributed by atoms with Crippen molar-refractivity contribution in [1.82, 2.24) is 20.9 Å². The van der Waals surface area contributed by atoms with Crippen molar-refractivity contribution in [3.8, 4) is 0 Å². The molecule has 0 spiro atoms. The van der Waals surface area contributed by atoms with E-state index < -0.39 is 0 Å². The van der Waals surface area contributed by atoms with Crippen LogP contribution in [0.1, 0.15) is 59.1 Å². The molecule has 1 unspecified atom stereocenters.